The summed E-state index contributed by atoms with van der Waals surface area (Å²) in [7, 11) is 0. The Bertz CT molecular complexity index is 217. The smallest absolute Gasteiger partial charge is 0.168 e. The van der Waals surface area contributed by atoms with E-state index in [-0.39, 0.29) is 5.79 Å². The van der Waals surface area contributed by atoms with Crippen LogP contribution in [0, 0.1) is 0 Å². The van der Waals surface area contributed by atoms with Gasteiger partial charge in [0.1, 0.15) is 0 Å². The topological polar surface area (TPSA) is 27.7 Å². The quantitative estimate of drug-likeness (QED) is 0.667. The van der Waals surface area contributed by atoms with Crippen molar-refractivity contribution in [1.82, 2.24) is 0 Å². The molecular weight excluding hydrogens is 192 g/mol. The van der Waals surface area contributed by atoms with Crippen molar-refractivity contribution in [2.75, 3.05) is 13.2 Å². The molecule has 3 aliphatic rings. The number of hydrogen-bond acceptors (Lipinski definition) is 3. The van der Waals surface area contributed by atoms with Gasteiger partial charge in [-0.3, -0.25) is 0 Å². The summed E-state index contributed by atoms with van der Waals surface area (Å²) in [5.41, 5.74) is 0. The van der Waals surface area contributed by atoms with E-state index in [1.807, 2.05) is 0 Å². The highest BCUT2D eigenvalue weighted by atomic mass is 16.7. The van der Waals surface area contributed by atoms with Crippen LogP contribution in [0.5, 0.6) is 0 Å². The molecule has 3 heterocycles. The summed E-state index contributed by atoms with van der Waals surface area (Å²) in [6.07, 6.45) is 8.71. The average Bonchev–Trinajstić information content (AvgIpc) is 2.91. The molecule has 3 unspecified atom stereocenters. The highest BCUT2D eigenvalue weighted by Crippen LogP contribution is 2.41. The van der Waals surface area contributed by atoms with Crippen LogP contribution in [-0.4, -0.2) is 31.2 Å². The zero-order valence-electron chi connectivity index (χ0n) is 9.24. The molecule has 3 heteroatoms. The number of ether oxygens (including phenoxy) is 3. The van der Waals surface area contributed by atoms with Crippen molar-refractivity contribution < 1.29 is 14.2 Å². The summed E-state index contributed by atoms with van der Waals surface area (Å²) >= 11 is 0. The Morgan fingerprint density at radius 2 is 1.87 bits per heavy atom. The molecule has 3 nitrogen and oxygen atoms in total. The van der Waals surface area contributed by atoms with Crippen molar-refractivity contribution in [2.24, 2.45) is 0 Å². The molecule has 1 spiro atoms. The third kappa shape index (κ3) is 1.93. The highest BCUT2D eigenvalue weighted by Gasteiger charge is 2.46. The molecule has 3 aliphatic heterocycles. The molecule has 0 aliphatic carbocycles. The van der Waals surface area contributed by atoms with E-state index in [4.69, 9.17) is 14.2 Å². The fourth-order valence-electron chi connectivity index (χ4n) is 3.04. The highest BCUT2D eigenvalue weighted by molar-refractivity contribution is 4.88. The number of rotatable bonds is 1. The molecule has 0 amide bonds. The van der Waals surface area contributed by atoms with Crippen molar-refractivity contribution in [3.05, 3.63) is 0 Å². The van der Waals surface area contributed by atoms with Crippen LogP contribution in [0.25, 0.3) is 0 Å². The molecule has 86 valence electrons. The Morgan fingerprint density at radius 3 is 2.60 bits per heavy atom. The van der Waals surface area contributed by atoms with Crippen LogP contribution in [0.2, 0.25) is 0 Å². The van der Waals surface area contributed by atoms with Crippen LogP contribution in [0.15, 0.2) is 0 Å². The summed E-state index contributed by atoms with van der Waals surface area (Å²) in [5.74, 6) is -0.217. The van der Waals surface area contributed by atoms with Crippen molar-refractivity contribution in [1.29, 1.82) is 0 Å². The van der Waals surface area contributed by atoms with Gasteiger partial charge in [0, 0.05) is 19.4 Å². The normalized spacial score (nSPS) is 46.4. The fraction of sp³-hybridized carbons (Fsp3) is 1.00. The monoisotopic (exact) mass is 212 g/mol. The zero-order chi connectivity index (χ0) is 10.1. The van der Waals surface area contributed by atoms with Gasteiger partial charge in [0.05, 0.1) is 18.8 Å². The van der Waals surface area contributed by atoms with E-state index >= 15 is 0 Å². The summed E-state index contributed by atoms with van der Waals surface area (Å²) in [6.45, 7) is 1.79. The molecule has 0 aromatic rings. The Morgan fingerprint density at radius 1 is 0.867 bits per heavy atom. The predicted octanol–water partition coefficient (Wildman–Crippen LogP) is 2.24. The van der Waals surface area contributed by atoms with E-state index in [0.717, 1.165) is 38.9 Å². The summed E-state index contributed by atoms with van der Waals surface area (Å²) in [5, 5.41) is 0. The maximum absolute atomic E-state index is 6.10. The second-order valence-corrected chi connectivity index (χ2v) is 4.96. The lowest BCUT2D eigenvalue weighted by atomic mass is 10.0. The first kappa shape index (κ1) is 10.1. The van der Waals surface area contributed by atoms with E-state index in [9.17, 15) is 0 Å². The van der Waals surface area contributed by atoms with Gasteiger partial charge in [-0.25, -0.2) is 0 Å². The van der Waals surface area contributed by atoms with Gasteiger partial charge < -0.3 is 14.2 Å². The lowest BCUT2D eigenvalue weighted by molar-refractivity contribution is -0.220. The van der Waals surface area contributed by atoms with E-state index in [1.54, 1.807) is 0 Å². The van der Waals surface area contributed by atoms with Gasteiger partial charge in [0.2, 0.25) is 0 Å². The molecule has 0 saturated carbocycles. The SMILES string of the molecule is C1CCC(C2CCC3(CCCO3)O2)OC1. The molecule has 15 heavy (non-hydrogen) atoms. The first-order valence-corrected chi connectivity index (χ1v) is 6.31. The standard InChI is InChI=1S/C12H20O3/c1-2-8-13-10(4-1)11-5-7-12(15-11)6-3-9-14-12/h10-11H,1-9H2. The minimum absolute atomic E-state index is 0.217. The molecular formula is C12H20O3. The van der Waals surface area contributed by atoms with Crippen LogP contribution >= 0.6 is 0 Å². The molecule has 0 N–H and O–H groups in total. The molecule has 3 atom stereocenters. The Kier molecular flexibility index (Phi) is 2.71. The molecule has 3 rings (SSSR count). The van der Waals surface area contributed by atoms with Crippen LogP contribution in [-0.2, 0) is 14.2 Å². The Labute approximate surface area is 91.1 Å². The minimum atomic E-state index is -0.217. The van der Waals surface area contributed by atoms with Crippen molar-refractivity contribution in [3.8, 4) is 0 Å². The van der Waals surface area contributed by atoms with Gasteiger partial charge in [-0.1, -0.05) is 0 Å². The lowest BCUT2D eigenvalue weighted by Gasteiger charge is -2.30. The van der Waals surface area contributed by atoms with Gasteiger partial charge in [-0.2, -0.15) is 0 Å². The second kappa shape index (κ2) is 4.04. The molecule has 0 aromatic heterocycles. The van der Waals surface area contributed by atoms with Crippen LogP contribution in [0.3, 0.4) is 0 Å². The summed E-state index contributed by atoms with van der Waals surface area (Å²) < 4.78 is 17.6. The van der Waals surface area contributed by atoms with Crippen LogP contribution in [0.1, 0.15) is 44.9 Å². The Hall–Kier alpha value is -0.120. The number of hydrogen-bond donors (Lipinski definition) is 0. The van der Waals surface area contributed by atoms with Crippen molar-refractivity contribution in [3.63, 3.8) is 0 Å². The van der Waals surface area contributed by atoms with Crippen molar-refractivity contribution >= 4 is 0 Å². The lowest BCUT2D eigenvalue weighted by Crippen LogP contribution is -2.35. The van der Waals surface area contributed by atoms with Gasteiger partial charge in [0.15, 0.2) is 5.79 Å². The summed E-state index contributed by atoms with van der Waals surface area (Å²) in [6, 6.07) is 0. The predicted molar refractivity (Wildman–Crippen MR) is 55.6 cm³/mol. The van der Waals surface area contributed by atoms with Gasteiger partial charge >= 0.3 is 0 Å². The van der Waals surface area contributed by atoms with Gasteiger partial charge in [-0.15, -0.1) is 0 Å². The van der Waals surface area contributed by atoms with E-state index in [1.165, 1.54) is 19.3 Å². The van der Waals surface area contributed by atoms with E-state index in [2.05, 4.69) is 0 Å². The van der Waals surface area contributed by atoms with Crippen molar-refractivity contribution in [2.45, 2.75) is 62.9 Å². The molecule has 0 aromatic carbocycles. The average molecular weight is 212 g/mol. The first-order chi connectivity index (χ1) is 7.38. The minimum Gasteiger partial charge on any atom is -0.376 e. The van der Waals surface area contributed by atoms with Gasteiger partial charge in [0.25, 0.3) is 0 Å². The fourth-order valence-corrected chi connectivity index (χ4v) is 3.04. The maximum atomic E-state index is 6.10. The molecule has 0 bridgehead atoms. The zero-order valence-corrected chi connectivity index (χ0v) is 9.24. The molecule has 0 radical (unpaired) electrons. The largest absolute Gasteiger partial charge is 0.376 e. The van der Waals surface area contributed by atoms with Crippen LogP contribution < -0.4 is 0 Å². The summed E-state index contributed by atoms with van der Waals surface area (Å²) in [4.78, 5) is 0. The molecule has 3 saturated heterocycles. The maximum Gasteiger partial charge on any atom is 0.168 e. The second-order valence-electron chi connectivity index (χ2n) is 4.96. The van der Waals surface area contributed by atoms with E-state index in [0.29, 0.717) is 12.2 Å². The van der Waals surface area contributed by atoms with E-state index < -0.39 is 0 Å². The third-order valence-electron chi connectivity index (χ3n) is 3.87. The Balaban J connectivity index is 1.60. The first-order valence-electron chi connectivity index (χ1n) is 6.31. The molecule has 3 fully saturated rings. The van der Waals surface area contributed by atoms with Crippen LogP contribution in [0.4, 0.5) is 0 Å². The van der Waals surface area contributed by atoms with Gasteiger partial charge in [-0.05, 0) is 32.1 Å². The third-order valence-corrected chi connectivity index (χ3v) is 3.87.